The van der Waals surface area contributed by atoms with Crippen LogP contribution in [-0.4, -0.2) is 23.8 Å². The van der Waals surface area contributed by atoms with Crippen LogP contribution in [-0.2, 0) is 0 Å². The third-order valence-electron chi connectivity index (χ3n) is 1.60. The van der Waals surface area contributed by atoms with E-state index >= 15 is 0 Å². The molecule has 0 aliphatic rings. The highest BCUT2D eigenvalue weighted by Gasteiger charge is 2.00. The maximum atomic E-state index is 12.9. The highest BCUT2D eigenvalue weighted by atomic mass is 32.2. The first-order valence-electron chi connectivity index (χ1n) is 4.25. The third-order valence-corrected chi connectivity index (χ3v) is 2.66. The van der Waals surface area contributed by atoms with E-state index in [-0.39, 0.29) is 6.61 Å². The van der Waals surface area contributed by atoms with Gasteiger partial charge in [-0.05, 0) is 24.6 Å². The maximum Gasteiger partial charge on any atom is 0.150 e. The molecule has 0 unspecified atom stereocenters. The van der Waals surface area contributed by atoms with Gasteiger partial charge in [0.05, 0.1) is 0 Å². The normalized spacial score (nSPS) is 10.1. The van der Waals surface area contributed by atoms with Crippen LogP contribution < -0.4 is 0 Å². The van der Waals surface area contributed by atoms with Crippen molar-refractivity contribution in [3.63, 3.8) is 0 Å². The van der Waals surface area contributed by atoms with Crippen molar-refractivity contribution in [2.45, 2.75) is 11.3 Å². The van der Waals surface area contributed by atoms with Crippen molar-refractivity contribution in [2.24, 2.45) is 0 Å². The van der Waals surface area contributed by atoms with Crippen LogP contribution in [0, 0.1) is 5.82 Å². The van der Waals surface area contributed by atoms with Gasteiger partial charge in [-0.15, -0.1) is 11.8 Å². The van der Waals surface area contributed by atoms with Crippen molar-refractivity contribution in [3.8, 4) is 0 Å². The average molecular weight is 214 g/mol. The molecule has 1 rings (SSSR count). The SMILES string of the molecule is O=Cc1cc(F)cc(SCCCO)c1. The van der Waals surface area contributed by atoms with Gasteiger partial charge >= 0.3 is 0 Å². The van der Waals surface area contributed by atoms with Crippen LogP contribution in [0.1, 0.15) is 16.8 Å². The summed E-state index contributed by atoms with van der Waals surface area (Å²) in [6.45, 7) is 0.128. The Hall–Kier alpha value is -0.870. The molecule has 1 N–H and O–H groups in total. The number of rotatable bonds is 5. The number of hydrogen-bond acceptors (Lipinski definition) is 3. The second kappa shape index (κ2) is 5.78. The fourth-order valence-electron chi connectivity index (χ4n) is 0.990. The first-order chi connectivity index (χ1) is 6.76. The Labute approximate surface area is 86.1 Å². The molecule has 0 aromatic heterocycles. The Bertz CT molecular complexity index is 315. The van der Waals surface area contributed by atoms with Gasteiger partial charge < -0.3 is 5.11 Å². The Morgan fingerprint density at radius 1 is 1.43 bits per heavy atom. The van der Waals surface area contributed by atoms with E-state index in [4.69, 9.17) is 5.11 Å². The Balaban J connectivity index is 2.66. The van der Waals surface area contributed by atoms with Gasteiger partial charge in [0.2, 0.25) is 0 Å². The van der Waals surface area contributed by atoms with Crippen LogP contribution in [0.5, 0.6) is 0 Å². The predicted molar refractivity (Wildman–Crippen MR) is 54.2 cm³/mol. The highest BCUT2D eigenvalue weighted by molar-refractivity contribution is 7.99. The van der Waals surface area contributed by atoms with Gasteiger partial charge in [0.1, 0.15) is 12.1 Å². The van der Waals surface area contributed by atoms with Crippen LogP contribution >= 0.6 is 11.8 Å². The minimum Gasteiger partial charge on any atom is -0.396 e. The zero-order valence-corrected chi connectivity index (χ0v) is 8.39. The van der Waals surface area contributed by atoms with Crippen molar-refractivity contribution >= 4 is 18.0 Å². The molecule has 0 spiro atoms. The van der Waals surface area contributed by atoms with Crippen molar-refractivity contribution in [3.05, 3.63) is 29.6 Å². The number of hydrogen-bond donors (Lipinski definition) is 1. The van der Waals surface area contributed by atoms with Gasteiger partial charge in [0.25, 0.3) is 0 Å². The molecule has 0 saturated carbocycles. The summed E-state index contributed by atoms with van der Waals surface area (Å²) in [7, 11) is 0. The first-order valence-corrected chi connectivity index (χ1v) is 5.24. The molecule has 4 heteroatoms. The lowest BCUT2D eigenvalue weighted by atomic mass is 10.2. The van der Waals surface area contributed by atoms with E-state index in [2.05, 4.69) is 0 Å². The second-order valence-corrected chi connectivity index (χ2v) is 3.93. The molecule has 14 heavy (non-hydrogen) atoms. The topological polar surface area (TPSA) is 37.3 Å². The Kier molecular flexibility index (Phi) is 4.62. The summed E-state index contributed by atoms with van der Waals surface area (Å²) in [5.74, 6) is 0.319. The molecule has 0 aliphatic carbocycles. The lowest BCUT2D eigenvalue weighted by molar-refractivity contribution is 0.112. The summed E-state index contributed by atoms with van der Waals surface area (Å²) >= 11 is 1.43. The summed E-state index contributed by atoms with van der Waals surface area (Å²) in [6, 6.07) is 4.22. The van der Waals surface area contributed by atoms with Gasteiger partial charge in [-0.3, -0.25) is 4.79 Å². The molecular weight excluding hydrogens is 203 g/mol. The van der Waals surface area contributed by atoms with Crippen LogP contribution in [0.2, 0.25) is 0 Å². The summed E-state index contributed by atoms with van der Waals surface area (Å²) in [4.78, 5) is 11.1. The number of carbonyl (C=O) groups excluding carboxylic acids is 1. The smallest absolute Gasteiger partial charge is 0.150 e. The van der Waals surface area contributed by atoms with Gasteiger partial charge in [0.15, 0.2) is 0 Å². The summed E-state index contributed by atoms with van der Waals surface area (Å²) in [5.41, 5.74) is 0.344. The standard InChI is InChI=1S/C10H11FO2S/c11-9-4-8(7-13)5-10(6-9)14-3-1-2-12/h4-7,12H,1-3H2. The van der Waals surface area contributed by atoms with Gasteiger partial charge in [-0.1, -0.05) is 0 Å². The quantitative estimate of drug-likeness (QED) is 0.463. The molecule has 0 saturated heterocycles. The lowest BCUT2D eigenvalue weighted by Crippen LogP contribution is -1.88. The maximum absolute atomic E-state index is 12.9. The van der Waals surface area contributed by atoms with Gasteiger partial charge in [-0.2, -0.15) is 0 Å². The van der Waals surface area contributed by atoms with E-state index in [0.717, 1.165) is 10.6 Å². The van der Waals surface area contributed by atoms with Crippen LogP contribution in [0.25, 0.3) is 0 Å². The fraction of sp³-hybridized carbons (Fsp3) is 0.300. The summed E-state index contributed by atoms with van der Waals surface area (Å²) in [5, 5.41) is 8.56. The third kappa shape index (κ3) is 3.47. The average Bonchev–Trinajstić information content (AvgIpc) is 2.17. The molecule has 2 nitrogen and oxygen atoms in total. The molecule has 0 aliphatic heterocycles. The van der Waals surface area contributed by atoms with Gasteiger partial charge in [0, 0.05) is 22.8 Å². The van der Waals surface area contributed by atoms with Crippen LogP contribution in [0.3, 0.4) is 0 Å². The largest absolute Gasteiger partial charge is 0.396 e. The van der Waals surface area contributed by atoms with Gasteiger partial charge in [-0.25, -0.2) is 4.39 Å². The number of benzene rings is 1. The van der Waals surface area contributed by atoms with Crippen LogP contribution in [0.4, 0.5) is 4.39 Å². The summed E-state index contributed by atoms with van der Waals surface area (Å²) in [6.07, 6.45) is 1.29. The zero-order valence-electron chi connectivity index (χ0n) is 7.57. The molecule has 0 radical (unpaired) electrons. The number of thioether (sulfide) groups is 1. The van der Waals surface area contributed by atoms with E-state index < -0.39 is 5.82 Å². The Morgan fingerprint density at radius 2 is 2.21 bits per heavy atom. The number of halogens is 1. The molecule has 0 bridgehead atoms. The second-order valence-electron chi connectivity index (χ2n) is 2.76. The number of aliphatic hydroxyl groups excluding tert-OH is 1. The van der Waals surface area contributed by atoms with E-state index in [1.807, 2.05) is 0 Å². The fourth-order valence-corrected chi connectivity index (χ4v) is 1.91. The van der Waals surface area contributed by atoms with E-state index in [1.165, 1.54) is 23.9 Å². The first kappa shape index (κ1) is 11.2. The van der Waals surface area contributed by atoms with E-state index in [1.54, 1.807) is 6.07 Å². The van der Waals surface area contributed by atoms with Crippen molar-refractivity contribution in [1.29, 1.82) is 0 Å². The molecule has 0 fully saturated rings. The number of carbonyl (C=O) groups is 1. The lowest BCUT2D eigenvalue weighted by Gasteiger charge is -2.01. The van der Waals surface area contributed by atoms with Crippen LogP contribution in [0.15, 0.2) is 23.1 Å². The van der Waals surface area contributed by atoms with Crippen molar-refractivity contribution in [1.82, 2.24) is 0 Å². The minimum absolute atomic E-state index is 0.128. The van der Waals surface area contributed by atoms with E-state index in [0.29, 0.717) is 18.3 Å². The number of aliphatic hydroxyl groups is 1. The monoisotopic (exact) mass is 214 g/mol. The van der Waals surface area contributed by atoms with E-state index in [9.17, 15) is 9.18 Å². The molecule has 1 aromatic carbocycles. The molecular formula is C10H11FO2S. The van der Waals surface area contributed by atoms with Crippen molar-refractivity contribution in [2.75, 3.05) is 12.4 Å². The molecule has 0 amide bonds. The molecule has 0 heterocycles. The number of aldehydes is 1. The Morgan fingerprint density at radius 3 is 2.86 bits per heavy atom. The molecule has 76 valence electrons. The summed E-state index contributed by atoms with van der Waals surface area (Å²) < 4.78 is 12.9. The minimum atomic E-state index is -0.402. The highest BCUT2D eigenvalue weighted by Crippen LogP contribution is 2.20. The molecule has 0 atom stereocenters. The molecule has 1 aromatic rings. The predicted octanol–water partition coefficient (Wildman–Crippen LogP) is 2.11. The van der Waals surface area contributed by atoms with Crippen molar-refractivity contribution < 1.29 is 14.3 Å². The zero-order chi connectivity index (χ0) is 10.4.